The molecule has 0 amide bonds. The molecule has 2 aromatic carbocycles. The first kappa shape index (κ1) is 17.9. The Labute approximate surface area is 172 Å². The van der Waals surface area contributed by atoms with Gasteiger partial charge in [0.25, 0.3) is 0 Å². The Bertz CT molecular complexity index is 949. The normalized spacial score (nSPS) is 16.9. The molecule has 5 heteroatoms. The second-order valence-electron chi connectivity index (χ2n) is 7.95. The number of anilines is 4. The SMILES string of the molecule is Nc1ccc(N2CCC(N3CN(Cc4ccccc4)c4ccccc43)CC2)nc1. The largest absolute Gasteiger partial charge is 0.397 e. The van der Waals surface area contributed by atoms with Gasteiger partial charge < -0.3 is 20.4 Å². The van der Waals surface area contributed by atoms with Gasteiger partial charge >= 0.3 is 0 Å². The molecule has 0 aliphatic carbocycles. The van der Waals surface area contributed by atoms with E-state index < -0.39 is 0 Å². The Morgan fingerprint density at radius 2 is 1.59 bits per heavy atom. The lowest BCUT2D eigenvalue weighted by atomic mass is 10.0. The summed E-state index contributed by atoms with van der Waals surface area (Å²) >= 11 is 0. The van der Waals surface area contributed by atoms with Gasteiger partial charge in [0, 0.05) is 25.7 Å². The average molecular weight is 386 g/mol. The number of hydrogen-bond acceptors (Lipinski definition) is 5. The van der Waals surface area contributed by atoms with Gasteiger partial charge in [0.15, 0.2) is 0 Å². The lowest BCUT2D eigenvalue weighted by Gasteiger charge is -2.38. The van der Waals surface area contributed by atoms with Crippen molar-refractivity contribution in [1.29, 1.82) is 0 Å². The van der Waals surface area contributed by atoms with Gasteiger partial charge in [-0.2, -0.15) is 0 Å². The molecule has 5 nitrogen and oxygen atoms in total. The van der Waals surface area contributed by atoms with Crippen molar-refractivity contribution in [2.75, 3.05) is 40.2 Å². The topological polar surface area (TPSA) is 48.6 Å². The van der Waals surface area contributed by atoms with E-state index in [2.05, 4.69) is 74.3 Å². The zero-order chi connectivity index (χ0) is 19.6. The maximum absolute atomic E-state index is 5.78. The second kappa shape index (κ2) is 7.66. The fraction of sp³-hybridized carbons (Fsp3) is 0.292. The number of benzene rings is 2. The fourth-order valence-electron chi connectivity index (χ4n) is 4.55. The van der Waals surface area contributed by atoms with Crippen LogP contribution >= 0.6 is 0 Å². The van der Waals surface area contributed by atoms with Gasteiger partial charge in [0.05, 0.1) is 29.9 Å². The molecule has 2 aliphatic heterocycles. The zero-order valence-corrected chi connectivity index (χ0v) is 16.6. The van der Waals surface area contributed by atoms with Crippen LogP contribution in [0.1, 0.15) is 18.4 Å². The summed E-state index contributed by atoms with van der Waals surface area (Å²) in [6.07, 6.45) is 4.03. The molecular formula is C24H27N5. The Morgan fingerprint density at radius 3 is 2.31 bits per heavy atom. The number of aromatic nitrogens is 1. The standard InChI is InChI=1S/C24H27N5/c25-20-10-11-24(26-16-20)27-14-12-21(13-15-27)29-18-28(17-19-6-2-1-3-7-19)22-8-4-5-9-23(22)29/h1-11,16,21H,12-15,17-18,25H2. The zero-order valence-electron chi connectivity index (χ0n) is 16.6. The Kier molecular flexibility index (Phi) is 4.72. The summed E-state index contributed by atoms with van der Waals surface area (Å²) in [6.45, 7) is 3.96. The van der Waals surface area contributed by atoms with Crippen LogP contribution in [0, 0.1) is 0 Å². The fourth-order valence-corrected chi connectivity index (χ4v) is 4.55. The van der Waals surface area contributed by atoms with Gasteiger partial charge in [0.2, 0.25) is 0 Å². The van der Waals surface area contributed by atoms with E-state index in [1.165, 1.54) is 16.9 Å². The molecule has 0 saturated carbocycles. The van der Waals surface area contributed by atoms with E-state index in [1.807, 2.05) is 12.1 Å². The van der Waals surface area contributed by atoms with E-state index in [0.29, 0.717) is 6.04 Å². The number of para-hydroxylation sites is 2. The van der Waals surface area contributed by atoms with E-state index in [0.717, 1.165) is 50.6 Å². The van der Waals surface area contributed by atoms with Gasteiger partial charge in [-0.1, -0.05) is 42.5 Å². The molecule has 29 heavy (non-hydrogen) atoms. The lowest BCUT2D eigenvalue weighted by molar-refractivity contribution is 0.467. The monoisotopic (exact) mass is 385 g/mol. The Balaban J connectivity index is 1.30. The van der Waals surface area contributed by atoms with Crippen molar-refractivity contribution in [2.24, 2.45) is 0 Å². The predicted octanol–water partition coefficient (Wildman–Crippen LogP) is 4.12. The maximum Gasteiger partial charge on any atom is 0.128 e. The van der Waals surface area contributed by atoms with Gasteiger partial charge in [-0.3, -0.25) is 0 Å². The highest BCUT2D eigenvalue weighted by atomic mass is 15.4. The van der Waals surface area contributed by atoms with Gasteiger partial charge in [-0.25, -0.2) is 4.98 Å². The van der Waals surface area contributed by atoms with Crippen molar-refractivity contribution in [3.05, 3.63) is 78.5 Å². The first-order valence-corrected chi connectivity index (χ1v) is 10.4. The van der Waals surface area contributed by atoms with Crippen LogP contribution in [0.5, 0.6) is 0 Å². The third kappa shape index (κ3) is 3.60. The number of rotatable bonds is 4. The first-order valence-electron chi connectivity index (χ1n) is 10.4. The van der Waals surface area contributed by atoms with Crippen LogP contribution in [0.15, 0.2) is 72.9 Å². The van der Waals surface area contributed by atoms with Gasteiger partial charge in [-0.15, -0.1) is 0 Å². The van der Waals surface area contributed by atoms with E-state index >= 15 is 0 Å². The summed E-state index contributed by atoms with van der Waals surface area (Å²) in [4.78, 5) is 12.0. The molecular weight excluding hydrogens is 358 g/mol. The summed E-state index contributed by atoms with van der Waals surface area (Å²) in [7, 11) is 0. The minimum atomic E-state index is 0.557. The van der Waals surface area contributed by atoms with Crippen molar-refractivity contribution in [3.63, 3.8) is 0 Å². The van der Waals surface area contributed by atoms with Crippen molar-refractivity contribution in [1.82, 2.24) is 4.98 Å². The highest BCUT2D eigenvalue weighted by molar-refractivity contribution is 5.76. The number of piperidine rings is 1. The molecule has 3 aromatic rings. The summed E-state index contributed by atoms with van der Waals surface area (Å²) < 4.78 is 0. The van der Waals surface area contributed by atoms with Crippen molar-refractivity contribution >= 4 is 22.9 Å². The quantitative estimate of drug-likeness (QED) is 0.732. The molecule has 0 atom stereocenters. The number of pyridine rings is 1. The van der Waals surface area contributed by atoms with Gasteiger partial charge in [0.1, 0.15) is 5.82 Å². The third-order valence-corrected chi connectivity index (χ3v) is 6.07. The maximum atomic E-state index is 5.78. The Morgan fingerprint density at radius 1 is 0.862 bits per heavy atom. The summed E-state index contributed by atoms with van der Waals surface area (Å²) in [5, 5.41) is 0. The average Bonchev–Trinajstić information content (AvgIpc) is 3.14. The number of hydrogen-bond donors (Lipinski definition) is 1. The molecule has 1 fully saturated rings. The Hall–Kier alpha value is -3.21. The first-order chi connectivity index (χ1) is 14.3. The third-order valence-electron chi connectivity index (χ3n) is 6.07. The molecule has 0 radical (unpaired) electrons. The number of nitrogens with two attached hydrogens (primary N) is 1. The molecule has 0 bridgehead atoms. The number of nitrogens with zero attached hydrogens (tertiary/aromatic N) is 4. The smallest absolute Gasteiger partial charge is 0.128 e. The molecule has 0 unspecified atom stereocenters. The van der Waals surface area contributed by atoms with Crippen LogP contribution in [-0.2, 0) is 6.54 Å². The second-order valence-corrected chi connectivity index (χ2v) is 7.95. The highest BCUT2D eigenvalue weighted by Gasteiger charge is 2.32. The lowest BCUT2D eigenvalue weighted by Crippen LogP contribution is -2.46. The van der Waals surface area contributed by atoms with Crippen molar-refractivity contribution in [3.8, 4) is 0 Å². The van der Waals surface area contributed by atoms with E-state index in [4.69, 9.17) is 5.73 Å². The summed E-state index contributed by atoms with van der Waals surface area (Å²) in [5.74, 6) is 1.03. The van der Waals surface area contributed by atoms with Gasteiger partial charge in [-0.05, 0) is 42.7 Å². The number of nitrogen functional groups attached to an aromatic ring is 1. The van der Waals surface area contributed by atoms with Crippen molar-refractivity contribution in [2.45, 2.75) is 25.4 Å². The van der Waals surface area contributed by atoms with Crippen LogP contribution in [0.3, 0.4) is 0 Å². The summed E-state index contributed by atoms with van der Waals surface area (Å²) in [5.41, 5.74) is 10.6. The minimum Gasteiger partial charge on any atom is -0.397 e. The van der Waals surface area contributed by atoms with E-state index in [9.17, 15) is 0 Å². The van der Waals surface area contributed by atoms with E-state index in [1.54, 1.807) is 6.20 Å². The van der Waals surface area contributed by atoms with Crippen LogP contribution in [-0.4, -0.2) is 30.8 Å². The van der Waals surface area contributed by atoms with Crippen LogP contribution in [0.2, 0.25) is 0 Å². The number of fused-ring (bicyclic) bond motifs is 1. The molecule has 3 heterocycles. The predicted molar refractivity (Wildman–Crippen MR) is 120 cm³/mol. The van der Waals surface area contributed by atoms with Crippen molar-refractivity contribution < 1.29 is 0 Å². The highest BCUT2D eigenvalue weighted by Crippen LogP contribution is 2.39. The molecule has 1 saturated heterocycles. The summed E-state index contributed by atoms with van der Waals surface area (Å²) in [6, 6.07) is 24.1. The minimum absolute atomic E-state index is 0.557. The molecule has 2 N–H and O–H groups in total. The molecule has 148 valence electrons. The molecule has 2 aliphatic rings. The molecule has 1 aromatic heterocycles. The van der Waals surface area contributed by atoms with Crippen LogP contribution in [0.4, 0.5) is 22.9 Å². The van der Waals surface area contributed by atoms with Crippen LogP contribution < -0.4 is 20.4 Å². The molecule has 0 spiro atoms. The molecule has 5 rings (SSSR count). The van der Waals surface area contributed by atoms with E-state index in [-0.39, 0.29) is 0 Å². The van der Waals surface area contributed by atoms with Crippen LogP contribution in [0.25, 0.3) is 0 Å².